The number of aliphatic hydroxyl groups is 1. The smallest absolute Gasteiger partial charge is 0.226 e. The second kappa shape index (κ2) is 8.59. The van der Waals surface area contributed by atoms with Crippen molar-refractivity contribution in [1.29, 1.82) is 0 Å². The molecule has 1 aliphatic heterocycles. The SMILES string of the molecule is Cc1c(Oc2ccn3ncnc3c2)ccc(Nc2ncnc3cnc(N4CC[C@H]4C(C)(C)O)nc23)c1F. The molecule has 1 atom stereocenters. The molecular weight excluding hydrogens is 477 g/mol. The van der Waals surface area contributed by atoms with Crippen molar-refractivity contribution in [1.82, 2.24) is 34.5 Å². The third-order valence-corrected chi connectivity index (χ3v) is 6.53. The van der Waals surface area contributed by atoms with Crippen molar-refractivity contribution in [3.8, 4) is 11.5 Å². The summed E-state index contributed by atoms with van der Waals surface area (Å²) in [6, 6.07) is 6.64. The molecule has 5 heterocycles. The first kappa shape index (κ1) is 23.0. The second-order valence-corrected chi connectivity index (χ2v) is 9.48. The molecule has 6 rings (SSSR count). The van der Waals surface area contributed by atoms with Crippen LogP contribution in [-0.4, -0.2) is 57.8 Å². The van der Waals surface area contributed by atoms with Crippen molar-refractivity contribution < 1.29 is 14.2 Å². The summed E-state index contributed by atoms with van der Waals surface area (Å²) in [6.45, 7) is 5.92. The number of aromatic nitrogens is 7. The highest BCUT2D eigenvalue weighted by Crippen LogP contribution is 2.34. The van der Waals surface area contributed by atoms with Crippen LogP contribution in [0.3, 0.4) is 0 Å². The number of pyridine rings is 1. The Kier molecular flexibility index (Phi) is 5.33. The van der Waals surface area contributed by atoms with E-state index in [-0.39, 0.29) is 11.7 Å². The number of hydrogen-bond acceptors (Lipinski definition) is 10. The van der Waals surface area contributed by atoms with E-state index in [0.29, 0.717) is 45.5 Å². The lowest BCUT2D eigenvalue weighted by atomic mass is 9.88. The number of benzene rings is 1. The molecule has 0 spiro atoms. The summed E-state index contributed by atoms with van der Waals surface area (Å²) in [5, 5.41) is 17.6. The molecule has 12 heteroatoms. The molecule has 1 aliphatic rings. The van der Waals surface area contributed by atoms with Gasteiger partial charge < -0.3 is 20.1 Å². The largest absolute Gasteiger partial charge is 0.457 e. The summed E-state index contributed by atoms with van der Waals surface area (Å²) in [5.74, 6) is 1.23. The van der Waals surface area contributed by atoms with Gasteiger partial charge in [-0.25, -0.2) is 33.8 Å². The van der Waals surface area contributed by atoms with Gasteiger partial charge >= 0.3 is 0 Å². The fourth-order valence-corrected chi connectivity index (χ4v) is 4.43. The molecule has 4 aromatic heterocycles. The predicted molar refractivity (Wildman–Crippen MR) is 135 cm³/mol. The summed E-state index contributed by atoms with van der Waals surface area (Å²) >= 11 is 0. The lowest BCUT2D eigenvalue weighted by molar-refractivity contribution is 0.0286. The van der Waals surface area contributed by atoms with Gasteiger partial charge in [-0.3, -0.25) is 0 Å². The van der Waals surface area contributed by atoms with Gasteiger partial charge in [-0.2, -0.15) is 5.10 Å². The van der Waals surface area contributed by atoms with Crippen LogP contribution in [0.2, 0.25) is 0 Å². The van der Waals surface area contributed by atoms with Crippen molar-refractivity contribution in [2.24, 2.45) is 0 Å². The van der Waals surface area contributed by atoms with E-state index >= 15 is 4.39 Å². The number of ether oxygens (including phenoxy) is 1. The Labute approximate surface area is 211 Å². The van der Waals surface area contributed by atoms with Crippen molar-refractivity contribution in [3.63, 3.8) is 0 Å². The fraction of sp³-hybridized carbons (Fsp3) is 0.280. The number of nitrogens with zero attached hydrogens (tertiary/aromatic N) is 8. The van der Waals surface area contributed by atoms with E-state index in [1.54, 1.807) is 61.9 Å². The van der Waals surface area contributed by atoms with Crippen molar-refractivity contribution in [3.05, 3.63) is 60.7 Å². The van der Waals surface area contributed by atoms with Gasteiger partial charge in [0.05, 0.1) is 23.5 Å². The highest BCUT2D eigenvalue weighted by Gasteiger charge is 2.40. The van der Waals surface area contributed by atoms with Crippen LogP contribution in [0.5, 0.6) is 11.5 Å². The van der Waals surface area contributed by atoms with Gasteiger partial charge in [0.2, 0.25) is 5.95 Å². The van der Waals surface area contributed by atoms with Crippen LogP contribution in [0, 0.1) is 12.7 Å². The molecule has 0 radical (unpaired) electrons. The molecule has 2 N–H and O–H groups in total. The van der Waals surface area contributed by atoms with E-state index in [0.717, 1.165) is 13.0 Å². The van der Waals surface area contributed by atoms with Gasteiger partial charge in [-0.15, -0.1) is 0 Å². The summed E-state index contributed by atoms with van der Waals surface area (Å²) < 4.78 is 23.0. The van der Waals surface area contributed by atoms with Crippen molar-refractivity contribution in [2.75, 3.05) is 16.8 Å². The number of rotatable bonds is 6. The third-order valence-electron chi connectivity index (χ3n) is 6.53. The van der Waals surface area contributed by atoms with Crippen molar-refractivity contribution >= 4 is 34.1 Å². The second-order valence-electron chi connectivity index (χ2n) is 9.48. The monoisotopic (exact) mass is 501 g/mol. The highest BCUT2D eigenvalue weighted by atomic mass is 19.1. The van der Waals surface area contributed by atoms with Crippen LogP contribution < -0.4 is 15.0 Å². The molecule has 1 aromatic carbocycles. The Morgan fingerprint density at radius 3 is 2.78 bits per heavy atom. The Hall–Kier alpha value is -4.45. The fourth-order valence-electron chi connectivity index (χ4n) is 4.43. The van der Waals surface area contributed by atoms with E-state index in [2.05, 4.69) is 35.3 Å². The maximum absolute atomic E-state index is 15.4. The van der Waals surface area contributed by atoms with Crippen LogP contribution >= 0.6 is 0 Å². The molecular formula is C25H24FN9O2. The molecule has 5 aromatic rings. The molecule has 1 saturated heterocycles. The normalized spacial score (nSPS) is 15.7. The van der Waals surface area contributed by atoms with E-state index < -0.39 is 11.4 Å². The first-order valence-corrected chi connectivity index (χ1v) is 11.8. The van der Waals surface area contributed by atoms with Gasteiger partial charge in [0, 0.05) is 24.4 Å². The zero-order valence-electron chi connectivity index (χ0n) is 20.4. The van der Waals surface area contributed by atoms with E-state index in [1.165, 1.54) is 12.7 Å². The number of fused-ring (bicyclic) bond motifs is 2. The molecule has 0 aliphatic carbocycles. The highest BCUT2D eigenvalue weighted by molar-refractivity contribution is 5.87. The Balaban J connectivity index is 1.29. The van der Waals surface area contributed by atoms with Crippen LogP contribution in [0.1, 0.15) is 25.8 Å². The lowest BCUT2D eigenvalue weighted by Gasteiger charge is -2.47. The number of halogens is 1. The first-order valence-electron chi connectivity index (χ1n) is 11.8. The summed E-state index contributed by atoms with van der Waals surface area (Å²) in [6.07, 6.45) is 6.99. The average molecular weight is 502 g/mol. The predicted octanol–water partition coefficient (Wildman–Crippen LogP) is 3.80. The van der Waals surface area contributed by atoms with Gasteiger partial charge in [-0.05, 0) is 45.4 Å². The third kappa shape index (κ3) is 4.14. The molecule has 0 amide bonds. The van der Waals surface area contributed by atoms with Gasteiger partial charge in [0.1, 0.15) is 35.2 Å². The molecule has 37 heavy (non-hydrogen) atoms. The summed E-state index contributed by atoms with van der Waals surface area (Å²) in [5.41, 5.74) is 1.24. The average Bonchev–Trinajstić information content (AvgIpc) is 3.30. The molecule has 188 valence electrons. The van der Waals surface area contributed by atoms with Crippen LogP contribution in [0.25, 0.3) is 16.7 Å². The molecule has 0 saturated carbocycles. The maximum atomic E-state index is 15.4. The molecule has 11 nitrogen and oxygen atoms in total. The van der Waals surface area contributed by atoms with E-state index in [9.17, 15) is 5.11 Å². The number of anilines is 3. The Morgan fingerprint density at radius 2 is 2.00 bits per heavy atom. The van der Waals surface area contributed by atoms with Gasteiger partial charge in [-0.1, -0.05) is 0 Å². The van der Waals surface area contributed by atoms with E-state index in [4.69, 9.17) is 4.74 Å². The zero-order chi connectivity index (χ0) is 25.7. The van der Waals surface area contributed by atoms with Crippen LogP contribution in [0.4, 0.5) is 21.8 Å². The zero-order valence-corrected chi connectivity index (χ0v) is 20.4. The molecule has 0 bridgehead atoms. The lowest BCUT2D eigenvalue weighted by Crippen LogP contribution is -2.59. The number of hydrogen-bond donors (Lipinski definition) is 2. The van der Waals surface area contributed by atoms with Crippen LogP contribution in [-0.2, 0) is 0 Å². The minimum atomic E-state index is -0.892. The van der Waals surface area contributed by atoms with Gasteiger partial charge in [0.15, 0.2) is 17.3 Å². The first-order chi connectivity index (χ1) is 17.8. The minimum Gasteiger partial charge on any atom is -0.457 e. The number of nitrogens with one attached hydrogen (secondary N) is 1. The minimum absolute atomic E-state index is 0.0934. The summed E-state index contributed by atoms with van der Waals surface area (Å²) in [7, 11) is 0. The quantitative estimate of drug-likeness (QED) is 0.355. The van der Waals surface area contributed by atoms with Crippen LogP contribution in [0.15, 0.2) is 49.3 Å². The summed E-state index contributed by atoms with van der Waals surface area (Å²) in [4.78, 5) is 23.7. The standard InChI is InChI=1S/C25H24FN9O2/c1-14-18(37-15-6-9-35-20(10-15)29-13-31-35)5-4-16(21(14)26)32-23-22-17(28-12-30-23)11-27-24(33-22)34-8-7-19(34)25(2,3)36/h4-6,9-13,19,36H,7-8H2,1-3H3,(H,28,30,32)/t19-/m0/s1. The van der Waals surface area contributed by atoms with E-state index in [1.807, 2.05) is 4.90 Å². The van der Waals surface area contributed by atoms with Gasteiger partial charge in [0.25, 0.3) is 0 Å². The maximum Gasteiger partial charge on any atom is 0.226 e. The topological polar surface area (TPSA) is 126 Å². The Bertz CT molecular complexity index is 1630. The molecule has 0 unspecified atom stereocenters. The molecule has 1 fully saturated rings. The van der Waals surface area contributed by atoms with Crippen molar-refractivity contribution in [2.45, 2.75) is 38.8 Å². The Morgan fingerprint density at radius 1 is 1.14 bits per heavy atom.